The van der Waals surface area contributed by atoms with E-state index < -0.39 is 230 Å². The molecular formula is C38H65NO31. The summed E-state index contributed by atoms with van der Waals surface area (Å²) in [7, 11) is 0. The Labute approximate surface area is 395 Å². The first-order valence-electron chi connectivity index (χ1n) is 22.1. The fourth-order valence-electron chi connectivity index (χ4n) is 8.76. The molecule has 32 heteroatoms. The molecule has 0 aromatic carbocycles. The van der Waals surface area contributed by atoms with Crippen LogP contribution in [-0.4, -0.2) is 327 Å². The SMILES string of the molecule is CC(=O)N[C@H]1[C@@H](O[C@H]2[C@H](O[C@H]3[C@H](O[C@@H]4O[C@H](CO)[C@@H](O)[C@H](O)[C@H]4O)[C@@H](O)[C@@H](O)O[C@@H]3CO[C@@H]3O[C@H](CO)[C@@H](O)[C@H](O)[C@H]3O[C@H]3O[C@H](CO)[C@@H](O)[C@H](O)[C@H]3O)O[C@H](CO)[C@@H](O)[C@@H]2O)O[C@H](CO)[C@@H](O)[C@@H]1O. The third kappa shape index (κ3) is 12.0. The first-order chi connectivity index (χ1) is 33.1. The number of rotatable bonds is 17. The van der Waals surface area contributed by atoms with E-state index in [1.165, 1.54) is 0 Å². The van der Waals surface area contributed by atoms with Crippen LogP contribution in [0.15, 0.2) is 0 Å². The fourth-order valence-corrected chi connectivity index (χ4v) is 8.76. The van der Waals surface area contributed by atoms with Crippen LogP contribution in [0.25, 0.3) is 0 Å². The highest BCUT2D eigenvalue weighted by atomic mass is 16.8. The Kier molecular flexibility index (Phi) is 20.3. The van der Waals surface area contributed by atoms with Gasteiger partial charge in [-0.2, -0.15) is 0 Å². The maximum atomic E-state index is 12.2. The lowest BCUT2D eigenvalue weighted by Crippen LogP contribution is -2.69. The van der Waals surface area contributed by atoms with Gasteiger partial charge in [-0.1, -0.05) is 0 Å². The molecule has 0 unspecified atom stereocenters. The summed E-state index contributed by atoms with van der Waals surface area (Å²) in [5, 5.41) is 204. The molecule has 6 aliphatic heterocycles. The fraction of sp³-hybridized carbons (Fsp3) is 0.974. The molecule has 6 saturated heterocycles. The van der Waals surface area contributed by atoms with Crippen LogP contribution in [0.2, 0.25) is 0 Å². The van der Waals surface area contributed by atoms with E-state index in [1.54, 1.807) is 0 Å². The predicted octanol–water partition coefficient (Wildman–Crippen LogP) is -14.0. The van der Waals surface area contributed by atoms with Crippen molar-refractivity contribution in [2.75, 3.05) is 39.6 Å². The second-order valence-electron chi connectivity index (χ2n) is 17.5. The first kappa shape index (κ1) is 57.5. The number of aliphatic hydroxyl groups is 19. The standard InChI is InChI=1S/C38H65NO31/c1-8(45)39-15-21(51)16(46)9(2-40)62-34(15)69-32-25(55)20(50)13(6-44)66-38(32)67-29-14(61-33(59)28(58)30(29)68-35-26(56)22(52)17(47)10(3-41)63-35)7-60-37-31(24(54)19(49)12(5-43)65-37)70-36-27(57)23(53)18(48)11(4-42)64-36/h9-38,40-44,46-59H,2-7H2,1H3,(H,39,45)/t9-,10-,11-,12-,13-,14-,15-,16-,17-,18-,19-,20-,21-,22+,23+,24+,25+,26-,27-,28-,29-,30-,31-,32-,33+,34-,35+,36-,37-,38+/m1/s1. The number of amides is 1. The lowest BCUT2D eigenvalue weighted by Gasteiger charge is -2.50. The summed E-state index contributed by atoms with van der Waals surface area (Å²) < 4.78 is 63.2. The summed E-state index contributed by atoms with van der Waals surface area (Å²) in [6.45, 7) is -4.82. The highest BCUT2D eigenvalue weighted by Crippen LogP contribution is 2.37. The van der Waals surface area contributed by atoms with Gasteiger partial charge >= 0.3 is 0 Å². The number of hydrogen-bond donors (Lipinski definition) is 20. The van der Waals surface area contributed by atoms with E-state index in [4.69, 9.17) is 52.1 Å². The molecule has 0 radical (unpaired) electrons. The van der Waals surface area contributed by atoms with Gasteiger partial charge in [-0.15, -0.1) is 0 Å². The molecule has 6 fully saturated rings. The van der Waals surface area contributed by atoms with E-state index in [9.17, 15) is 102 Å². The van der Waals surface area contributed by atoms with Gasteiger partial charge in [-0.25, -0.2) is 0 Å². The molecule has 0 bridgehead atoms. The smallest absolute Gasteiger partial charge is 0.217 e. The average molecular weight is 1030 g/mol. The number of hydrogen-bond acceptors (Lipinski definition) is 31. The van der Waals surface area contributed by atoms with E-state index in [0.29, 0.717) is 0 Å². The lowest BCUT2D eigenvalue weighted by molar-refractivity contribution is -0.401. The molecule has 30 atom stereocenters. The normalized spacial score (nSPS) is 51.5. The second-order valence-corrected chi connectivity index (χ2v) is 17.5. The Morgan fingerprint density at radius 1 is 0.371 bits per heavy atom. The van der Waals surface area contributed by atoms with E-state index in [-0.39, 0.29) is 0 Å². The average Bonchev–Trinajstić information content (AvgIpc) is 3.34. The van der Waals surface area contributed by atoms with Crippen LogP contribution >= 0.6 is 0 Å². The molecule has 0 saturated carbocycles. The van der Waals surface area contributed by atoms with Crippen molar-refractivity contribution in [3.8, 4) is 0 Å². The number of carbonyl (C=O) groups excluding carboxylic acids is 1. The van der Waals surface area contributed by atoms with Gasteiger partial charge < -0.3 is 154 Å². The van der Waals surface area contributed by atoms with Crippen LogP contribution in [-0.2, 0) is 56.9 Å². The lowest BCUT2D eigenvalue weighted by atomic mass is 9.95. The van der Waals surface area contributed by atoms with Crippen molar-refractivity contribution in [3.63, 3.8) is 0 Å². The van der Waals surface area contributed by atoms with Gasteiger partial charge in [0.1, 0.15) is 146 Å². The Morgan fingerprint density at radius 3 is 1.19 bits per heavy atom. The summed E-state index contributed by atoms with van der Waals surface area (Å²) in [4.78, 5) is 12.2. The molecule has 0 aliphatic carbocycles. The summed E-state index contributed by atoms with van der Waals surface area (Å²) in [5.41, 5.74) is 0. The Morgan fingerprint density at radius 2 is 0.729 bits per heavy atom. The van der Waals surface area contributed by atoms with Crippen LogP contribution in [0.5, 0.6) is 0 Å². The minimum atomic E-state index is -2.33. The van der Waals surface area contributed by atoms with Gasteiger partial charge in [0.2, 0.25) is 5.91 Å². The maximum absolute atomic E-state index is 12.2. The van der Waals surface area contributed by atoms with Crippen LogP contribution in [0.3, 0.4) is 0 Å². The summed E-state index contributed by atoms with van der Waals surface area (Å²) in [6.07, 6.45) is -57.3. The topological polar surface area (TPSA) is 515 Å². The molecule has 6 rings (SSSR count). The monoisotopic (exact) mass is 1030 g/mol. The van der Waals surface area contributed by atoms with Crippen molar-refractivity contribution in [1.29, 1.82) is 0 Å². The number of carbonyl (C=O) groups is 1. The zero-order valence-corrected chi connectivity index (χ0v) is 37.0. The minimum absolute atomic E-state index is 0.803. The second kappa shape index (κ2) is 24.7. The Bertz CT molecular complexity index is 1630. The van der Waals surface area contributed by atoms with Gasteiger partial charge in [0.05, 0.1) is 39.6 Å². The van der Waals surface area contributed by atoms with Gasteiger partial charge in [0.15, 0.2) is 37.7 Å². The van der Waals surface area contributed by atoms with Gasteiger partial charge in [-0.05, 0) is 0 Å². The van der Waals surface area contributed by atoms with Gasteiger partial charge in [0, 0.05) is 6.92 Å². The van der Waals surface area contributed by atoms with Crippen molar-refractivity contribution in [3.05, 3.63) is 0 Å². The Balaban J connectivity index is 1.36. The maximum Gasteiger partial charge on any atom is 0.217 e. The molecule has 6 heterocycles. The third-order valence-electron chi connectivity index (χ3n) is 12.8. The molecule has 0 spiro atoms. The molecule has 0 aromatic rings. The van der Waals surface area contributed by atoms with Crippen molar-refractivity contribution in [1.82, 2.24) is 5.32 Å². The van der Waals surface area contributed by atoms with Crippen LogP contribution in [0.1, 0.15) is 6.92 Å². The minimum Gasteiger partial charge on any atom is -0.394 e. The van der Waals surface area contributed by atoms with Gasteiger partial charge in [-0.3, -0.25) is 4.79 Å². The highest BCUT2D eigenvalue weighted by molar-refractivity contribution is 5.73. The summed E-state index contributed by atoms with van der Waals surface area (Å²) in [6, 6.07) is -1.68. The zero-order valence-electron chi connectivity index (χ0n) is 37.0. The van der Waals surface area contributed by atoms with E-state index in [2.05, 4.69) is 5.32 Å². The molecule has 408 valence electrons. The number of ether oxygens (including phenoxy) is 11. The molecular weight excluding hydrogens is 966 g/mol. The zero-order chi connectivity index (χ0) is 51.6. The van der Waals surface area contributed by atoms with E-state index in [1.807, 2.05) is 0 Å². The third-order valence-corrected chi connectivity index (χ3v) is 12.8. The molecule has 6 aliphatic rings. The summed E-state index contributed by atoms with van der Waals surface area (Å²) in [5.74, 6) is -0.803. The molecule has 1 amide bonds. The number of aliphatic hydroxyl groups excluding tert-OH is 19. The van der Waals surface area contributed by atoms with Crippen molar-refractivity contribution < 1.29 is 154 Å². The van der Waals surface area contributed by atoms with Crippen molar-refractivity contribution >= 4 is 5.91 Å². The largest absolute Gasteiger partial charge is 0.394 e. The predicted molar refractivity (Wildman–Crippen MR) is 211 cm³/mol. The van der Waals surface area contributed by atoms with Crippen LogP contribution in [0.4, 0.5) is 0 Å². The van der Waals surface area contributed by atoms with Crippen molar-refractivity contribution in [2.45, 2.75) is 191 Å². The summed E-state index contributed by atoms with van der Waals surface area (Å²) >= 11 is 0. The molecule has 70 heavy (non-hydrogen) atoms. The molecule has 20 N–H and O–H groups in total. The van der Waals surface area contributed by atoms with E-state index in [0.717, 1.165) is 6.92 Å². The highest BCUT2D eigenvalue weighted by Gasteiger charge is 2.58. The van der Waals surface area contributed by atoms with Gasteiger partial charge in [0.25, 0.3) is 0 Å². The van der Waals surface area contributed by atoms with Crippen LogP contribution in [0, 0.1) is 0 Å². The number of nitrogens with one attached hydrogen (secondary N) is 1. The molecule has 32 nitrogen and oxygen atoms in total. The quantitative estimate of drug-likeness (QED) is 0.0643. The Hall–Kier alpha value is -1.73. The molecule has 0 aromatic heterocycles. The van der Waals surface area contributed by atoms with Crippen molar-refractivity contribution in [2.24, 2.45) is 0 Å². The van der Waals surface area contributed by atoms with E-state index >= 15 is 0 Å². The first-order valence-corrected chi connectivity index (χ1v) is 22.1. The van der Waals surface area contributed by atoms with Crippen LogP contribution < -0.4 is 5.32 Å².